The highest BCUT2D eigenvalue weighted by atomic mass is 79.9. The second-order valence-electron chi connectivity index (χ2n) is 4.64. The molecule has 17 heavy (non-hydrogen) atoms. The molecule has 0 bridgehead atoms. The van der Waals surface area contributed by atoms with Gasteiger partial charge in [0.2, 0.25) is 0 Å². The molecule has 1 rings (SSSR count). The summed E-state index contributed by atoms with van der Waals surface area (Å²) < 4.78 is 0.801. The highest BCUT2D eigenvalue weighted by molar-refractivity contribution is 9.10. The molecule has 94 valence electrons. The summed E-state index contributed by atoms with van der Waals surface area (Å²) in [5.74, 6) is -0.109. The van der Waals surface area contributed by atoms with Crippen LogP contribution in [0.15, 0.2) is 22.7 Å². The van der Waals surface area contributed by atoms with Crippen LogP contribution in [0, 0.1) is 5.41 Å². The molecule has 0 heterocycles. The predicted molar refractivity (Wildman–Crippen MR) is 79.1 cm³/mol. The molecule has 0 atom stereocenters. The van der Waals surface area contributed by atoms with Crippen LogP contribution in [0.5, 0.6) is 0 Å². The van der Waals surface area contributed by atoms with E-state index >= 15 is 0 Å². The molecule has 0 spiro atoms. The fraction of sp³-hybridized carbons (Fsp3) is 0.417. The first kappa shape index (κ1) is 15.0. The Labute approximate surface area is 123 Å². The maximum atomic E-state index is 11.9. The van der Waals surface area contributed by atoms with Gasteiger partial charge in [-0.2, -0.15) is 0 Å². The summed E-state index contributed by atoms with van der Waals surface area (Å²) in [6, 6.07) is 5.16. The van der Waals surface area contributed by atoms with Gasteiger partial charge in [0.1, 0.15) is 0 Å². The van der Waals surface area contributed by atoms with Crippen molar-refractivity contribution in [2.45, 2.75) is 13.8 Å². The number of alkyl halides is 1. The lowest BCUT2D eigenvalue weighted by atomic mass is 9.97. The van der Waals surface area contributed by atoms with Gasteiger partial charge in [-0.1, -0.05) is 57.3 Å². The van der Waals surface area contributed by atoms with Crippen LogP contribution >= 0.6 is 43.5 Å². The number of rotatable bonds is 4. The van der Waals surface area contributed by atoms with E-state index in [4.69, 9.17) is 11.6 Å². The Balaban J connectivity index is 2.70. The molecule has 1 amide bonds. The lowest BCUT2D eigenvalue weighted by Gasteiger charge is -2.21. The molecule has 0 fully saturated rings. The Morgan fingerprint density at radius 3 is 2.59 bits per heavy atom. The number of hydrogen-bond donors (Lipinski definition) is 1. The van der Waals surface area contributed by atoms with Crippen molar-refractivity contribution in [3.63, 3.8) is 0 Å². The first-order chi connectivity index (χ1) is 7.84. The molecule has 5 heteroatoms. The number of hydrogen-bond acceptors (Lipinski definition) is 1. The van der Waals surface area contributed by atoms with E-state index in [1.807, 2.05) is 0 Å². The third kappa shape index (κ3) is 4.98. The van der Waals surface area contributed by atoms with E-state index in [9.17, 15) is 4.79 Å². The molecule has 0 aromatic heterocycles. The minimum atomic E-state index is -0.109. The molecule has 1 aromatic rings. The zero-order valence-electron chi connectivity index (χ0n) is 9.69. The van der Waals surface area contributed by atoms with E-state index in [-0.39, 0.29) is 11.3 Å². The van der Waals surface area contributed by atoms with Gasteiger partial charge < -0.3 is 5.32 Å². The Kier molecular flexibility index (Phi) is 5.48. The van der Waals surface area contributed by atoms with Crippen LogP contribution in [-0.2, 0) is 0 Å². The van der Waals surface area contributed by atoms with Gasteiger partial charge in [0, 0.05) is 26.9 Å². The lowest BCUT2D eigenvalue weighted by Crippen LogP contribution is -2.34. The zero-order valence-corrected chi connectivity index (χ0v) is 13.6. The molecule has 0 radical (unpaired) electrons. The second-order valence-corrected chi connectivity index (χ2v) is 6.55. The van der Waals surface area contributed by atoms with Gasteiger partial charge in [0.15, 0.2) is 0 Å². The maximum Gasteiger partial charge on any atom is 0.251 e. The molecule has 0 saturated carbocycles. The number of carbonyl (C=O) groups excluding carboxylic acids is 1. The third-order valence-corrected chi connectivity index (χ3v) is 4.41. The second kappa shape index (κ2) is 6.21. The topological polar surface area (TPSA) is 29.1 Å². The van der Waals surface area contributed by atoms with Gasteiger partial charge in [0.25, 0.3) is 5.91 Å². The van der Waals surface area contributed by atoms with Crippen molar-refractivity contribution >= 4 is 49.4 Å². The van der Waals surface area contributed by atoms with E-state index < -0.39 is 0 Å². The Bertz CT molecular complexity index is 401. The highest BCUT2D eigenvalue weighted by Crippen LogP contribution is 2.20. The van der Waals surface area contributed by atoms with Crippen molar-refractivity contribution in [3.05, 3.63) is 33.3 Å². The Morgan fingerprint density at radius 2 is 2.06 bits per heavy atom. The van der Waals surface area contributed by atoms with E-state index in [1.165, 1.54) is 0 Å². The fourth-order valence-corrected chi connectivity index (χ4v) is 2.21. The van der Waals surface area contributed by atoms with Crippen LogP contribution in [0.25, 0.3) is 0 Å². The molecule has 1 aromatic carbocycles. The van der Waals surface area contributed by atoms with E-state index in [0.717, 1.165) is 9.80 Å². The van der Waals surface area contributed by atoms with Gasteiger partial charge in [0.05, 0.1) is 0 Å². The van der Waals surface area contributed by atoms with Crippen LogP contribution in [0.1, 0.15) is 24.2 Å². The Morgan fingerprint density at radius 1 is 1.41 bits per heavy atom. The largest absolute Gasteiger partial charge is 0.351 e. The standard InChI is InChI=1S/C12H14Br2ClNO/c1-12(2,6-13)7-16-11(17)8-3-9(14)5-10(15)4-8/h3-5H,6-7H2,1-2H3,(H,16,17). The maximum absolute atomic E-state index is 11.9. The molecule has 0 saturated heterocycles. The summed E-state index contributed by atoms with van der Waals surface area (Å²) in [6.45, 7) is 4.77. The van der Waals surface area contributed by atoms with Crippen LogP contribution < -0.4 is 5.32 Å². The van der Waals surface area contributed by atoms with Gasteiger partial charge in [-0.3, -0.25) is 4.79 Å². The van der Waals surface area contributed by atoms with Crippen LogP contribution in [-0.4, -0.2) is 17.8 Å². The minimum absolute atomic E-state index is 0.0332. The number of amides is 1. The normalized spacial score (nSPS) is 11.4. The Hall–Kier alpha value is -0.0600. The molecule has 2 nitrogen and oxygen atoms in total. The van der Waals surface area contributed by atoms with Crippen molar-refractivity contribution in [1.82, 2.24) is 5.32 Å². The zero-order chi connectivity index (χ0) is 13.1. The third-order valence-electron chi connectivity index (χ3n) is 2.21. The smallest absolute Gasteiger partial charge is 0.251 e. The van der Waals surface area contributed by atoms with E-state index in [1.54, 1.807) is 18.2 Å². The number of halogens is 3. The first-order valence-electron chi connectivity index (χ1n) is 5.14. The number of nitrogens with one attached hydrogen (secondary N) is 1. The van der Waals surface area contributed by atoms with Crippen LogP contribution in [0.3, 0.4) is 0 Å². The van der Waals surface area contributed by atoms with E-state index in [2.05, 4.69) is 51.0 Å². The van der Waals surface area contributed by atoms with Crippen molar-refractivity contribution in [2.75, 3.05) is 11.9 Å². The highest BCUT2D eigenvalue weighted by Gasteiger charge is 2.17. The summed E-state index contributed by atoms with van der Waals surface area (Å²) in [5.41, 5.74) is 0.598. The fourth-order valence-electron chi connectivity index (χ4n) is 1.15. The molecule has 1 N–H and O–H groups in total. The number of benzene rings is 1. The quantitative estimate of drug-likeness (QED) is 0.774. The van der Waals surface area contributed by atoms with Crippen molar-refractivity contribution < 1.29 is 4.79 Å². The average Bonchev–Trinajstić information content (AvgIpc) is 2.24. The van der Waals surface area contributed by atoms with Crippen molar-refractivity contribution in [3.8, 4) is 0 Å². The first-order valence-corrected chi connectivity index (χ1v) is 7.43. The number of carbonyl (C=O) groups is 1. The van der Waals surface area contributed by atoms with Crippen LogP contribution in [0.4, 0.5) is 0 Å². The summed E-state index contributed by atoms with van der Waals surface area (Å²) in [4.78, 5) is 11.9. The van der Waals surface area contributed by atoms with E-state index in [0.29, 0.717) is 17.1 Å². The average molecular weight is 384 g/mol. The van der Waals surface area contributed by atoms with Gasteiger partial charge >= 0.3 is 0 Å². The van der Waals surface area contributed by atoms with Crippen LogP contribution in [0.2, 0.25) is 5.02 Å². The molecular weight excluding hydrogens is 369 g/mol. The van der Waals surface area contributed by atoms with Gasteiger partial charge in [-0.15, -0.1) is 0 Å². The SMILES string of the molecule is CC(C)(CBr)CNC(=O)c1cc(Cl)cc(Br)c1. The monoisotopic (exact) mass is 381 g/mol. The van der Waals surface area contributed by atoms with Gasteiger partial charge in [-0.25, -0.2) is 0 Å². The predicted octanol–water partition coefficient (Wildman–Crippen LogP) is 4.25. The summed E-state index contributed by atoms with van der Waals surface area (Å²) in [5, 5.41) is 4.27. The molecular formula is C12H14Br2ClNO. The summed E-state index contributed by atoms with van der Waals surface area (Å²) >= 11 is 12.6. The van der Waals surface area contributed by atoms with Crippen molar-refractivity contribution in [2.24, 2.45) is 5.41 Å². The summed E-state index contributed by atoms with van der Waals surface area (Å²) in [6.07, 6.45) is 0. The minimum Gasteiger partial charge on any atom is -0.351 e. The summed E-state index contributed by atoms with van der Waals surface area (Å²) in [7, 11) is 0. The molecule has 0 aliphatic heterocycles. The van der Waals surface area contributed by atoms with Crippen molar-refractivity contribution in [1.29, 1.82) is 0 Å². The molecule has 0 aliphatic rings. The molecule has 0 aliphatic carbocycles. The van der Waals surface area contributed by atoms with Gasteiger partial charge in [-0.05, 0) is 23.6 Å². The molecule has 0 unspecified atom stereocenters. The lowest BCUT2D eigenvalue weighted by molar-refractivity contribution is 0.0940.